The van der Waals surface area contributed by atoms with Gasteiger partial charge in [0.1, 0.15) is 28.9 Å². The van der Waals surface area contributed by atoms with Crippen molar-refractivity contribution in [3.05, 3.63) is 78.1 Å². The predicted molar refractivity (Wildman–Crippen MR) is 113 cm³/mol. The number of methoxy groups -OCH3 is 1. The molecule has 8 heteroatoms. The highest BCUT2D eigenvalue weighted by atomic mass is 19.1. The van der Waals surface area contributed by atoms with Gasteiger partial charge in [0.05, 0.1) is 19.2 Å². The molecule has 0 saturated heterocycles. The Morgan fingerprint density at radius 1 is 1.13 bits per heavy atom. The number of aryl methyl sites for hydroxylation is 1. The average molecular weight is 420 g/mol. The number of aromatic amines is 1. The molecule has 31 heavy (non-hydrogen) atoms. The van der Waals surface area contributed by atoms with Crippen molar-refractivity contribution in [2.45, 2.75) is 19.4 Å². The van der Waals surface area contributed by atoms with Crippen LogP contribution in [0.3, 0.4) is 0 Å². The third kappa shape index (κ3) is 4.98. The molecule has 0 aliphatic rings. The van der Waals surface area contributed by atoms with Gasteiger partial charge in [0.15, 0.2) is 5.82 Å². The molecule has 0 atom stereocenters. The van der Waals surface area contributed by atoms with E-state index in [0.29, 0.717) is 35.2 Å². The van der Waals surface area contributed by atoms with E-state index in [1.807, 2.05) is 24.3 Å². The Balaban J connectivity index is 1.27. The SMILES string of the molecule is COc1ccc(-c2n[nH]c(CNC(=O)CCc3ccc(-c4ccccc4F)o3)n2)cc1. The van der Waals surface area contributed by atoms with Gasteiger partial charge < -0.3 is 14.5 Å². The molecule has 0 radical (unpaired) electrons. The predicted octanol–water partition coefficient (Wildman–Crippen LogP) is 4.13. The molecule has 7 nitrogen and oxygen atoms in total. The second-order valence-electron chi connectivity index (χ2n) is 6.86. The lowest BCUT2D eigenvalue weighted by atomic mass is 10.1. The van der Waals surface area contributed by atoms with Crippen LogP contribution in [0.2, 0.25) is 0 Å². The molecular weight excluding hydrogens is 399 g/mol. The summed E-state index contributed by atoms with van der Waals surface area (Å²) in [5, 5.41) is 9.81. The van der Waals surface area contributed by atoms with Crippen LogP contribution in [-0.2, 0) is 17.8 Å². The molecule has 0 aliphatic carbocycles. The van der Waals surface area contributed by atoms with E-state index < -0.39 is 0 Å². The summed E-state index contributed by atoms with van der Waals surface area (Å²) in [6.07, 6.45) is 0.650. The number of H-pyrrole nitrogens is 1. The Labute approximate surface area is 178 Å². The third-order valence-corrected chi connectivity index (χ3v) is 4.73. The largest absolute Gasteiger partial charge is 0.497 e. The fraction of sp³-hybridized carbons (Fsp3) is 0.174. The Bertz CT molecular complexity index is 1170. The van der Waals surface area contributed by atoms with Crippen molar-refractivity contribution in [2.24, 2.45) is 0 Å². The standard InChI is InChI=1S/C23H21FN4O3/c1-30-16-8-6-15(7-9-16)23-26-21(27-28-23)14-25-22(29)13-11-17-10-12-20(31-17)18-4-2-3-5-19(18)24/h2-10,12H,11,13-14H2,1H3,(H,25,29)(H,26,27,28). The third-order valence-electron chi connectivity index (χ3n) is 4.73. The van der Waals surface area contributed by atoms with Crippen LogP contribution >= 0.6 is 0 Å². The first-order valence-corrected chi connectivity index (χ1v) is 9.78. The summed E-state index contributed by atoms with van der Waals surface area (Å²) < 4.78 is 24.7. The monoisotopic (exact) mass is 420 g/mol. The highest BCUT2D eigenvalue weighted by molar-refractivity contribution is 5.76. The fourth-order valence-electron chi connectivity index (χ4n) is 3.07. The molecule has 0 fully saturated rings. The van der Waals surface area contributed by atoms with E-state index in [4.69, 9.17) is 9.15 Å². The number of ether oxygens (including phenoxy) is 1. The first-order valence-electron chi connectivity index (χ1n) is 9.78. The van der Waals surface area contributed by atoms with Crippen LogP contribution < -0.4 is 10.1 Å². The average Bonchev–Trinajstić information content (AvgIpc) is 3.46. The molecule has 0 bridgehead atoms. The van der Waals surface area contributed by atoms with Gasteiger partial charge in [-0.1, -0.05) is 12.1 Å². The zero-order valence-corrected chi connectivity index (χ0v) is 16.9. The summed E-state index contributed by atoms with van der Waals surface area (Å²) in [5.74, 6) is 2.43. The first-order chi connectivity index (χ1) is 15.1. The normalized spacial score (nSPS) is 10.8. The van der Waals surface area contributed by atoms with Gasteiger partial charge in [0.25, 0.3) is 0 Å². The van der Waals surface area contributed by atoms with E-state index in [9.17, 15) is 9.18 Å². The van der Waals surface area contributed by atoms with Gasteiger partial charge in [0, 0.05) is 18.4 Å². The molecule has 158 valence electrons. The summed E-state index contributed by atoms with van der Waals surface area (Å²) in [6.45, 7) is 0.237. The quantitative estimate of drug-likeness (QED) is 0.447. The van der Waals surface area contributed by atoms with Gasteiger partial charge >= 0.3 is 0 Å². The van der Waals surface area contributed by atoms with Crippen molar-refractivity contribution in [3.63, 3.8) is 0 Å². The highest BCUT2D eigenvalue weighted by Crippen LogP contribution is 2.25. The Morgan fingerprint density at radius 2 is 1.94 bits per heavy atom. The Hall–Kier alpha value is -3.94. The molecular formula is C23H21FN4O3. The molecule has 0 spiro atoms. The molecule has 2 aromatic carbocycles. The van der Waals surface area contributed by atoms with E-state index in [1.54, 1.807) is 37.4 Å². The molecule has 2 heterocycles. The van der Waals surface area contributed by atoms with Gasteiger partial charge in [-0.3, -0.25) is 9.89 Å². The summed E-state index contributed by atoms with van der Waals surface area (Å²) >= 11 is 0. The van der Waals surface area contributed by atoms with Crippen LogP contribution in [0, 0.1) is 5.82 Å². The minimum atomic E-state index is -0.345. The summed E-state index contributed by atoms with van der Waals surface area (Å²) in [4.78, 5) is 16.6. The first kappa shape index (κ1) is 20.3. The van der Waals surface area contributed by atoms with Gasteiger partial charge in [-0.2, -0.15) is 5.10 Å². The number of carbonyl (C=O) groups is 1. The molecule has 0 aliphatic heterocycles. The van der Waals surface area contributed by atoms with Crippen molar-refractivity contribution >= 4 is 5.91 Å². The molecule has 2 N–H and O–H groups in total. The van der Waals surface area contributed by atoms with Gasteiger partial charge in [-0.15, -0.1) is 0 Å². The molecule has 0 unspecified atom stereocenters. The van der Waals surface area contributed by atoms with Gasteiger partial charge in [-0.05, 0) is 48.5 Å². The van der Waals surface area contributed by atoms with Crippen molar-refractivity contribution in [1.82, 2.24) is 20.5 Å². The number of nitrogens with one attached hydrogen (secondary N) is 2. The van der Waals surface area contributed by atoms with Crippen molar-refractivity contribution in [3.8, 4) is 28.5 Å². The number of nitrogens with zero attached hydrogens (tertiary/aromatic N) is 2. The maximum atomic E-state index is 13.9. The van der Waals surface area contributed by atoms with E-state index in [0.717, 1.165) is 11.3 Å². The van der Waals surface area contributed by atoms with Crippen LogP contribution in [0.15, 0.2) is 65.1 Å². The number of amides is 1. The minimum absolute atomic E-state index is 0.147. The number of halogens is 1. The Kier molecular flexibility index (Phi) is 6.07. The molecule has 4 rings (SSSR count). The number of aromatic nitrogens is 3. The smallest absolute Gasteiger partial charge is 0.220 e. The molecule has 2 aromatic heterocycles. The van der Waals surface area contributed by atoms with Crippen molar-refractivity contribution in [2.75, 3.05) is 7.11 Å². The zero-order valence-electron chi connectivity index (χ0n) is 16.9. The zero-order chi connectivity index (χ0) is 21.6. The fourth-order valence-corrected chi connectivity index (χ4v) is 3.07. The number of carbonyl (C=O) groups excluding carboxylic acids is 1. The van der Waals surface area contributed by atoms with Crippen LogP contribution in [0.5, 0.6) is 5.75 Å². The topological polar surface area (TPSA) is 93.0 Å². The maximum Gasteiger partial charge on any atom is 0.220 e. The lowest BCUT2D eigenvalue weighted by Crippen LogP contribution is -2.23. The minimum Gasteiger partial charge on any atom is -0.497 e. The number of benzene rings is 2. The van der Waals surface area contributed by atoms with E-state index in [2.05, 4.69) is 20.5 Å². The second-order valence-corrected chi connectivity index (χ2v) is 6.86. The number of hydrogen-bond donors (Lipinski definition) is 2. The summed E-state index contributed by atoms with van der Waals surface area (Å²) in [6, 6.07) is 17.3. The van der Waals surface area contributed by atoms with E-state index in [-0.39, 0.29) is 24.7 Å². The number of rotatable bonds is 8. The van der Waals surface area contributed by atoms with E-state index >= 15 is 0 Å². The molecule has 0 saturated carbocycles. The lowest BCUT2D eigenvalue weighted by Gasteiger charge is -2.02. The van der Waals surface area contributed by atoms with Crippen molar-refractivity contribution in [1.29, 1.82) is 0 Å². The van der Waals surface area contributed by atoms with E-state index in [1.165, 1.54) is 6.07 Å². The van der Waals surface area contributed by atoms with Crippen molar-refractivity contribution < 1.29 is 18.3 Å². The second kappa shape index (κ2) is 9.25. The Morgan fingerprint density at radius 3 is 2.71 bits per heavy atom. The summed E-state index contributed by atoms with van der Waals surface area (Å²) in [7, 11) is 1.61. The van der Waals surface area contributed by atoms with Crippen LogP contribution in [-0.4, -0.2) is 28.2 Å². The van der Waals surface area contributed by atoms with Gasteiger partial charge in [-0.25, -0.2) is 9.37 Å². The highest BCUT2D eigenvalue weighted by Gasteiger charge is 2.11. The van der Waals surface area contributed by atoms with Crippen LogP contribution in [0.4, 0.5) is 4.39 Å². The maximum absolute atomic E-state index is 13.9. The van der Waals surface area contributed by atoms with Crippen LogP contribution in [0.25, 0.3) is 22.7 Å². The lowest BCUT2D eigenvalue weighted by molar-refractivity contribution is -0.121. The molecule has 4 aromatic rings. The van der Waals surface area contributed by atoms with Gasteiger partial charge in [0.2, 0.25) is 5.91 Å². The van der Waals surface area contributed by atoms with Crippen LogP contribution in [0.1, 0.15) is 18.0 Å². The summed E-state index contributed by atoms with van der Waals surface area (Å²) in [5.41, 5.74) is 1.24. The number of furan rings is 1. The molecule has 1 amide bonds. The number of hydrogen-bond acceptors (Lipinski definition) is 5.